The summed E-state index contributed by atoms with van der Waals surface area (Å²) in [7, 11) is 0. The number of rotatable bonds is 5. The van der Waals surface area contributed by atoms with Crippen molar-refractivity contribution in [2.75, 3.05) is 11.9 Å². The van der Waals surface area contributed by atoms with Gasteiger partial charge in [0.1, 0.15) is 0 Å². The fraction of sp³-hybridized carbons (Fsp3) is 0.636. The van der Waals surface area contributed by atoms with Crippen molar-refractivity contribution in [2.24, 2.45) is 11.7 Å². The molecule has 84 valence electrons. The number of nitrogens with zero attached hydrogens (tertiary/aromatic N) is 2. The van der Waals surface area contributed by atoms with Crippen LogP contribution in [0.25, 0.3) is 0 Å². The summed E-state index contributed by atoms with van der Waals surface area (Å²) in [5, 5.41) is 3.14. The van der Waals surface area contributed by atoms with Crippen LogP contribution in [0.4, 0.5) is 5.95 Å². The van der Waals surface area contributed by atoms with Crippen LogP contribution < -0.4 is 11.1 Å². The van der Waals surface area contributed by atoms with Gasteiger partial charge in [-0.05, 0) is 25.3 Å². The summed E-state index contributed by atoms with van der Waals surface area (Å²) in [5.41, 5.74) is 6.91. The molecular weight excluding hydrogens is 188 g/mol. The molecule has 0 aromatic carbocycles. The molecule has 1 unspecified atom stereocenters. The number of nitrogens with two attached hydrogens (primary N) is 1. The van der Waals surface area contributed by atoms with Gasteiger partial charge in [0.05, 0.1) is 0 Å². The van der Waals surface area contributed by atoms with Gasteiger partial charge in [-0.15, -0.1) is 0 Å². The second-order valence-corrected chi connectivity index (χ2v) is 4.29. The Hall–Kier alpha value is -1.16. The van der Waals surface area contributed by atoms with Crippen LogP contribution in [0.3, 0.4) is 0 Å². The fourth-order valence-electron chi connectivity index (χ4n) is 1.45. The first kappa shape index (κ1) is 11.9. The lowest BCUT2D eigenvalue weighted by Gasteiger charge is -2.14. The second-order valence-electron chi connectivity index (χ2n) is 4.29. The molecule has 1 heterocycles. The quantitative estimate of drug-likeness (QED) is 0.771. The average molecular weight is 208 g/mol. The van der Waals surface area contributed by atoms with Crippen LogP contribution in [0.15, 0.2) is 12.3 Å². The highest BCUT2D eigenvalue weighted by atomic mass is 15.1. The molecule has 0 radical (unpaired) electrons. The van der Waals surface area contributed by atoms with E-state index < -0.39 is 0 Å². The van der Waals surface area contributed by atoms with Crippen molar-refractivity contribution in [3.8, 4) is 0 Å². The lowest BCUT2D eigenvalue weighted by atomic mass is 10.0. The van der Waals surface area contributed by atoms with Crippen molar-refractivity contribution in [3.63, 3.8) is 0 Å². The molecule has 0 bridgehead atoms. The summed E-state index contributed by atoms with van der Waals surface area (Å²) >= 11 is 0. The topological polar surface area (TPSA) is 63.8 Å². The van der Waals surface area contributed by atoms with E-state index in [-0.39, 0.29) is 6.04 Å². The van der Waals surface area contributed by atoms with E-state index in [4.69, 9.17) is 5.73 Å². The summed E-state index contributed by atoms with van der Waals surface area (Å²) in [6.07, 6.45) is 2.76. The maximum absolute atomic E-state index is 5.94. The molecular formula is C11H20N4. The van der Waals surface area contributed by atoms with Crippen LogP contribution in [0.1, 0.15) is 26.0 Å². The SMILES string of the molecule is Cc1ccnc(NCC(N)CC(C)C)n1. The molecule has 1 atom stereocenters. The zero-order chi connectivity index (χ0) is 11.3. The molecule has 15 heavy (non-hydrogen) atoms. The van der Waals surface area contributed by atoms with Crippen molar-refractivity contribution < 1.29 is 0 Å². The van der Waals surface area contributed by atoms with Gasteiger partial charge in [-0.25, -0.2) is 9.97 Å². The molecule has 4 nitrogen and oxygen atoms in total. The minimum atomic E-state index is 0.161. The third-order valence-electron chi connectivity index (χ3n) is 2.09. The third kappa shape index (κ3) is 4.74. The van der Waals surface area contributed by atoms with Gasteiger partial charge < -0.3 is 11.1 Å². The number of nitrogens with one attached hydrogen (secondary N) is 1. The Morgan fingerprint density at radius 2 is 2.20 bits per heavy atom. The predicted octanol–water partition coefficient (Wildman–Crippen LogP) is 1.57. The van der Waals surface area contributed by atoms with E-state index in [2.05, 4.69) is 29.1 Å². The maximum atomic E-state index is 5.94. The van der Waals surface area contributed by atoms with E-state index in [9.17, 15) is 0 Å². The van der Waals surface area contributed by atoms with Crippen molar-refractivity contribution in [1.82, 2.24) is 9.97 Å². The van der Waals surface area contributed by atoms with Crippen LogP contribution in [0.5, 0.6) is 0 Å². The molecule has 1 aromatic rings. The lowest BCUT2D eigenvalue weighted by Crippen LogP contribution is -2.30. The molecule has 4 heteroatoms. The highest BCUT2D eigenvalue weighted by molar-refractivity contribution is 5.24. The molecule has 1 aromatic heterocycles. The van der Waals surface area contributed by atoms with E-state index in [0.29, 0.717) is 11.9 Å². The molecule has 0 fully saturated rings. The largest absolute Gasteiger partial charge is 0.353 e. The van der Waals surface area contributed by atoms with Gasteiger partial charge in [-0.1, -0.05) is 13.8 Å². The highest BCUT2D eigenvalue weighted by Crippen LogP contribution is 2.04. The van der Waals surface area contributed by atoms with Crippen molar-refractivity contribution >= 4 is 5.95 Å². The van der Waals surface area contributed by atoms with Gasteiger partial charge >= 0.3 is 0 Å². The first-order valence-corrected chi connectivity index (χ1v) is 5.37. The molecule has 1 rings (SSSR count). The van der Waals surface area contributed by atoms with Gasteiger partial charge in [-0.3, -0.25) is 0 Å². The van der Waals surface area contributed by atoms with Gasteiger partial charge in [0.2, 0.25) is 5.95 Å². The monoisotopic (exact) mass is 208 g/mol. The molecule has 3 N–H and O–H groups in total. The summed E-state index contributed by atoms with van der Waals surface area (Å²) in [6.45, 7) is 7.01. The molecule has 0 saturated carbocycles. The average Bonchev–Trinajstić information content (AvgIpc) is 2.14. The Morgan fingerprint density at radius 1 is 1.47 bits per heavy atom. The molecule has 0 aliphatic carbocycles. The Labute approximate surface area is 91.3 Å². The van der Waals surface area contributed by atoms with Gasteiger partial charge in [0, 0.05) is 24.5 Å². The Bertz CT molecular complexity index is 298. The molecule has 0 aliphatic heterocycles. The smallest absolute Gasteiger partial charge is 0.222 e. The molecule has 0 aliphatic rings. The van der Waals surface area contributed by atoms with E-state index in [1.54, 1.807) is 6.20 Å². The normalized spacial score (nSPS) is 12.9. The summed E-state index contributed by atoms with van der Waals surface area (Å²) in [5.74, 6) is 1.29. The number of anilines is 1. The minimum absolute atomic E-state index is 0.161. The van der Waals surface area contributed by atoms with Gasteiger partial charge in [-0.2, -0.15) is 0 Å². The highest BCUT2D eigenvalue weighted by Gasteiger charge is 2.05. The van der Waals surface area contributed by atoms with Crippen LogP contribution in [-0.4, -0.2) is 22.6 Å². The second kappa shape index (κ2) is 5.66. The van der Waals surface area contributed by atoms with Crippen LogP contribution in [-0.2, 0) is 0 Å². The standard InChI is InChI=1S/C11H20N4/c1-8(2)6-10(12)7-14-11-13-5-4-9(3)15-11/h4-5,8,10H,6-7,12H2,1-3H3,(H,13,14,15). The summed E-state index contributed by atoms with van der Waals surface area (Å²) in [6, 6.07) is 2.04. The first-order valence-electron chi connectivity index (χ1n) is 5.37. The lowest BCUT2D eigenvalue weighted by molar-refractivity contribution is 0.507. The van der Waals surface area contributed by atoms with Crippen LogP contribution >= 0.6 is 0 Å². The molecule has 0 amide bonds. The minimum Gasteiger partial charge on any atom is -0.353 e. The Morgan fingerprint density at radius 3 is 2.80 bits per heavy atom. The third-order valence-corrected chi connectivity index (χ3v) is 2.09. The first-order chi connectivity index (χ1) is 7.08. The molecule has 0 spiro atoms. The number of hydrogen-bond donors (Lipinski definition) is 2. The van der Waals surface area contributed by atoms with E-state index in [1.165, 1.54) is 0 Å². The number of aromatic nitrogens is 2. The zero-order valence-electron chi connectivity index (χ0n) is 9.70. The van der Waals surface area contributed by atoms with Gasteiger partial charge in [0.15, 0.2) is 0 Å². The van der Waals surface area contributed by atoms with Gasteiger partial charge in [0.25, 0.3) is 0 Å². The fourth-order valence-corrected chi connectivity index (χ4v) is 1.45. The van der Waals surface area contributed by atoms with Crippen molar-refractivity contribution in [1.29, 1.82) is 0 Å². The summed E-state index contributed by atoms with van der Waals surface area (Å²) < 4.78 is 0. The summed E-state index contributed by atoms with van der Waals surface area (Å²) in [4.78, 5) is 8.36. The van der Waals surface area contributed by atoms with E-state index in [0.717, 1.165) is 18.7 Å². The number of hydrogen-bond acceptors (Lipinski definition) is 4. The van der Waals surface area contributed by atoms with Crippen molar-refractivity contribution in [2.45, 2.75) is 33.2 Å². The Balaban J connectivity index is 2.36. The van der Waals surface area contributed by atoms with E-state index in [1.807, 2.05) is 13.0 Å². The van der Waals surface area contributed by atoms with Crippen LogP contribution in [0, 0.1) is 12.8 Å². The van der Waals surface area contributed by atoms with Crippen molar-refractivity contribution in [3.05, 3.63) is 18.0 Å². The van der Waals surface area contributed by atoms with Crippen LogP contribution in [0.2, 0.25) is 0 Å². The predicted molar refractivity (Wildman–Crippen MR) is 62.7 cm³/mol. The van der Waals surface area contributed by atoms with E-state index >= 15 is 0 Å². The Kier molecular flexibility index (Phi) is 4.49. The maximum Gasteiger partial charge on any atom is 0.222 e. The number of aryl methyl sites for hydroxylation is 1. The molecule has 0 saturated heterocycles. The zero-order valence-corrected chi connectivity index (χ0v) is 9.70.